The Bertz CT molecular complexity index is 1260. The SMILES string of the molecule is O=C(CCc1ccc(Cl)cc1F)N1CCc2nc3ccccc3c(C(=O)N3CCOCC3)c2C1. The van der Waals surface area contributed by atoms with Crippen LogP contribution in [-0.2, 0) is 28.9 Å². The van der Waals surface area contributed by atoms with Crippen LogP contribution in [0.5, 0.6) is 0 Å². The summed E-state index contributed by atoms with van der Waals surface area (Å²) in [6.07, 6.45) is 1.05. The van der Waals surface area contributed by atoms with E-state index in [2.05, 4.69) is 0 Å². The second kappa shape index (κ2) is 9.68. The summed E-state index contributed by atoms with van der Waals surface area (Å²) >= 11 is 5.83. The average Bonchev–Trinajstić information content (AvgIpc) is 2.86. The van der Waals surface area contributed by atoms with Crippen molar-refractivity contribution in [1.82, 2.24) is 14.8 Å². The van der Waals surface area contributed by atoms with Crippen LogP contribution in [0.1, 0.15) is 33.6 Å². The van der Waals surface area contributed by atoms with E-state index in [0.717, 1.165) is 22.2 Å². The molecule has 1 saturated heterocycles. The van der Waals surface area contributed by atoms with E-state index in [1.807, 2.05) is 29.2 Å². The van der Waals surface area contributed by atoms with E-state index >= 15 is 0 Å². The standard InChI is InChI=1S/C26H25ClFN3O3/c27-18-7-5-17(21(28)15-18)6-8-24(32)31-10-9-23-20(16-31)25(19-3-1-2-4-22(19)29-23)26(33)30-11-13-34-14-12-30/h1-5,7,15H,6,8-14,16H2. The molecule has 2 amide bonds. The second-order valence-corrected chi connectivity index (χ2v) is 9.07. The molecule has 3 aromatic rings. The molecule has 0 N–H and O–H groups in total. The van der Waals surface area contributed by atoms with E-state index in [4.69, 9.17) is 21.3 Å². The van der Waals surface area contributed by atoms with Crippen LogP contribution in [-0.4, -0.2) is 59.4 Å². The first kappa shape index (κ1) is 22.7. The van der Waals surface area contributed by atoms with Crippen LogP contribution in [0.3, 0.4) is 0 Å². The van der Waals surface area contributed by atoms with Crippen molar-refractivity contribution >= 4 is 34.3 Å². The van der Waals surface area contributed by atoms with E-state index in [1.165, 1.54) is 6.07 Å². The fourth-order valence-corrected chi connectivity index (χ4v) is 4.85. The Balaban J connectivity index is 1.42. The summed E-state index contributed by atoms with van der Waals surface area (Å²) < 4.78 is 19.6. The lowest BCUT2D eigenvalue weighted by Gasteiger charge is -2.32. The average molecular weight is 482 g/mol. The number of para-hydroxylation sites is 1. The monoisotopic (exact) mass is 481 g/mol. The number of carbonyl (C=O) groups is 2. The zero-order valence-corrected chi connectivity index (χ0v) is 19.5. The zero-order valence-electron chi connectivity index (χ0n) is 18.7. The number of hydrogen-bond donors (Lipinski definition) is 0. The van der Waals surface area contributed by atoms with Gasteiger partial charge in [-0.15, -0.1) is 0 Å². The number of rotatable bonds is 4. The van der Waals surface area contributed by atoms with Gasteiger partial charge in [0, 0.05) is 60.7 Å². The maximum Gasteiger partial charge on any atom is 0.255 e. The van der Waals surface area contributed by atoms with E-state index in [9.17, 15) is 14.0 Å². The molecule has 0 unspecified atom stereocenters. The summed E-state index contributed by atoms with van der Waals surface area (Å²) in [7, 11) is 0. The second-order valence-electron chi connectivity index (χ2n) is 8.63. The van der Waals surface area contributed by atoms with Gasteiger partial charge in [0.15, 0.2) is 0 Å². The van der Waals surface area contributed by atoms with Crippen LogP contribution in [0.25, 0.3) is 10.9 Å². The van der Waals surface area contributed by atoms with Crippen molar-refractivity contribution in [3.8, 4) is 0 Å². The predicted molar refractivity (Wildman–Crippen MR) is 127 cm³/mol. The summed E-state index contributed by atoms with van der Waals surface area (Å²) in [5.41, 5.74) is 3.56. The molecule has 0 saturated carbocycles. The van der Waals surface area contributed by atoms with Gasteiger partial charge in [-0.05, 0) is 30.2 Å². The molecule has 176 valence electrons. The molecule has 0 bridgehead atoms. The molecule has 0 radical (unpaired) electrons. The number of morpholine rings is 1. The van der Waals surface area contributed by atoms with Gasteiger partial charge in [-0.3, -0.25) is 14.6 Å². The molecule has 34 heavy (non-hydrogen) atoms. The topological polar surface area (TPSA) is 62.7 Å². The zero-order chi connectivity index (χ0) is 23.7. The third-order valence-electron chi connectivity index (χ3n) is 6.53. The minimum absolute atomic E-state index is 0.0457. The lowest BCUT2D eigenvalue weighted by Crippen LogP contribution is -2.42. The molecule has 2 aliphatic rings. The van der Waals surface area contributed by atoms with Crippen LogP contribution >= 0.6 is 11.6 Å². The summed E-state index contributed by atoms with van der Waals surface area (Å²) in [6, 6.07) is 12.2. The van der Waals surface area contributed by atoms with Crippen molar-refractivity contribution in [3.63, 3.8) is 0 Å². The van der Waals surface area contributed by atoms with Gasteiger partial charge in [-0.1, -0.05) is 35.9 Å². The number of fused-ring (bicyclic) bond motifs is 2. The first-order chi connectivity index (χ1) is 16.5. The van der Waals surface area contributed by atoms with Crippen molar-refractivity contribution in [2.45, 2.75) is 25.8 Å². The van der Waals surface area contributed by atoms with E-state index < -0.39 is 5.82 Å². The number of pyridine rings is 1. The molecule has 3 heterocycles. The van der Waals surface area contributed by atoms with Crippen molar-refractivity contribution in [2.75, 3.05) is 32.8 Å². The van der Waals surface area contributed by atoms with Crippen molar-refractivity contribution < 1.29 is 18.7 Å². The molecule has 8 heteroatoms. The third kappa shape index (κ3) is 4.50. The number of benzene rings is 2. The summed E-state index contributed by atoms with van der Waals surface area (Å²) in [6.45, 7) is 2.96. The van der Waals surface area contributed by atoms with Crippen LogP contribution in [0.2, 0.25) is 5.02 Å². The number of aryl methyl sites for hydroxylation is 1. The highest BCUT2D eigenvalue weighted by atomic mass is 35.5. The lowest BCUT2D eigenvalue weighted by atomic mass is 9.94. The molecule has 1 fully saturated rings. The van der Waals surface area contributed by atoms with Crippen molar-refractivity contribution in [3.05, 3.63) is 75.7 Å². The Morgan fingerprint density at radius 3 is 2.65 bits per heavy atom. The number of amides is 2. The molecule has 1 aromatic heterocycles. The van der Waals surface area contributed by atoms with Crippen molar-refractivity contribution in [2.24, 2.45) is 0 Å². The van der Waals surface area contributed by atoms with E-state index in [1.54, 1.807) is 17.0 Å². The quantitative estimate of drug-likeness (QED) is 0.564. The molecule has 5 rings (SSSR count). The van der Waals surface area contributed by atoms with Crippen LogP contribution in [0.15, 0.2) is 42.5 Å². The largest absolute Gasteiger partial charge is 0.378 e. The van der Waals surface area contributed by atoms with Gasteiger partial charge in [-0.2, -0.15) is 0 Å². The summed E-state index contributed by atoms with van der Waals surface area (Å²) in [5.74, 6) is -0.521. The van der Waals surface area contributed by atoms with Gasteiger partial charge in [0.2, 0.25) is 5.91 Å². The van der Waals surface area contributed by atoms with Gasteiger partial charge in [0.25, 0.3) is 5.91 Å². The number of carbonyl (C=O) groups excluding carboxylic acids is 2. The molecule has 2 aromatic carbocycles. The maximum atomic E-state index is 14.1. The van der Waals surface area contributed by atoms with Gasteiger partial charge in [0.05, 0.1) is 24.3 Å². The maximum absolute atomic E-state index is 14.1. The van der Waals surface area contributed by atoms with E-state index in [-0.39, 0.29) is 18.2 Å². The molecular weight excluding hydrogens is 457 g/mol. The molecule has 0 aliphatic carbocycles. The summed E-state index contributed by atoms with van der Waals surface area (Å²) in [4.78, 5) is 35.1. The number of halogens is 2. The number of aromatic nitrogens is 1. The molecule has 0 atom stereocenters. The fraction of sp³-hybridized carbons (Fsp3) is 0.346. The minimum atomic E-state index is -0.404. The predicted octanol–water partition coefficient (Wildman–Crippen LogP) is 4.02. The summed E-state index contributed by atoms with van der Waals surface area (Å²) in [5, 5.41) is 1.13. The molecule has 0 spiro atoms. The number of nitrogens with zero attached hydrogens (tertiary/aromatic N) is 3. The van der Waals surface area contributed by atoms with E-state index in [0.29, 0.717) is 68.4 Å². The molecule has 6 nitrogen and oxygen atoms in total. The third-order valence-corrected chi connectivity index (χ3v) is 6.77. The van der Waals surface area contributed by atoms with Gasteiger partial charge in [0.1, 0.15) is 5.82 Å². The Morgan fingerprint density at radius 1 is 1.06 bits per heavy atom. The van der Waals surface area contributed by atoms with Crippen LogP contribution < -0.4 is 0 Å². The normalized spacial score (nSPS) is 15.9. The van der Waals surface area contributed by atoms with Crippen LogP contribution in [0, 0.1) is 5.82 Å². The van der Waals surface area contributed by atoms with Crippen molar-refractivity contribution in [1.29, 1.82) is 0 Å². The highest BCUT2D eigenvalue weighted by molar-refractivity contribution is 6.30. The lowest BCUT2D eigenvalue weighted by molar-refractivity contribution is -0.132. The number of hydrogen-bond acceptors (Lipinski definition) is 4. The highest BCUT2D eigenvalue weighted by Gasteiger charge is 2.30. The molecule has 2 aliphatic heterocycles. The number of ether oxygens (including phenoxy) is 1. The Morgan fingerprint density at radius 2 is 1.85 bits per heavy atom. The van der Waals surface area contributed by atoms with Gasteiger partial charge in [-0.25, -0.2) is 4.39 Å². The van der Waals surface area contributed by atoms with Gasteiger partial charge < -0.3 is 14.5 Å². The first-order valence-corrected chi connectivity index (χ1v) is 11.9. The smallest absolute Gasteiger partial charge is 0.255 e. The Labute approximate surface area is 202 Å². The molecular formula is C26H25ClFN3O3. The minimum Gasteiger partial charge on any atom is -0.378 e. The Kier molecular flexibility index (Phi) is 6.48. The Hall–Kier alpha value is -3.03. The first-order valence-electron chi connectivity index (χ1n) is 11.5. The fourth-order valence-electron chi connectivity index (χ4n) is 4.70. The van der Waals surface area contributed by atoms with Gasteiger partial charge >= 0.3 is 0 Å². The van der Waals surface area contributed by atoms with Crippen LogP contribution in [0.4, 0.5) is 4.39 Å². The highest BCUT2D eigenvalue weighted by Crippen LogP contribution is 2.30.